The molecule has 0 spiro atoms. The first-order valence-electron chi connectivity index (χ1n) is 11.7. The lowest BCUT2D eigenvalue weighted by Gasteiger charge is -2.42. The first-order valence-corrected chi connectivity index (χ1v) is 13.4. The second kappa shape index (κ2) is 10.2. The normalized spacial score (nSPS) is 22.2. The van der Waals surface area contributed by atoms with Crippen LogP contribution >= 0.6 is 0 Å². The van der Waals surface area contributed by atoms with Gasteiger partial charge in [-0.1, -0.05) is 18.2 Å². The highest BCUT2D eigenvalue weighted by molar-refractivity contribution is 7.92. The second-order valence-electron chi connectivity index (χ2n) is 8.95. The number of rotatable bonds is 6. The molecule has 35 heavy (non-hydrogen) atoms. The summed E-state index contributed by atoms with van der Waals surface area (Å²) in [5, 5.41) is 2.94. The van der Waals surface area contributed by atoms with Crippen molar-refractivity contribution in [3.63, 3.8) is 0 Å². The lowest BCUT2D eigenvalue weighted by Crippen LogP contribution is -2.53. The highest BCUT2D eigenvalue weighted by Gasteiger charge is 2.39. The number of amides is 2. The van der Waals surface area contributed by atoms with Crippen molar-refractivity contribution in [1.29, 1.82) is 0 Å². The van der Waals surface area contributed by atoms with Crippen LogP contribution in [0.1, 0.15) is 42.1 Å². The van der Waals surface area contributed by atoms with Crippen LogP contribution in [-0.4, -0.2) is 62.8 Å². The van der Waals surface area contributed by atoms with Gasteiger partial charge in [0.2, 0.25) is 15.9 Å². The van der Waals surface area contributed by atoms with Gasteiger partial charge in [-0.05, 0) is 56.5 Å². The summed E-state index contributed by atoms with van der Waals surface area (Å²) in [5.74, 6) is -0.0969. The molecule has 2 heterocycles. The highest BCUT2D eigenvalue weighted by atomic mass is 32.2. The molecule has 10 heteroatoms. The maximum atomic E-state index is 13.3. The average molecular weight is 502 g/mol. The summed E-state index contributed by atoms with van der Waals surface area (Å²) in [4.78, 5) is 27.5. The molecule has 2 N–H and O–H groups in total. The van der Waals surface area contributed by atoms with E-state index in [2.05, 4.69) is 10.0 Å². The van der Waals surface area contributed by atoms with E-state index in [0.29, 0.717) is 29.8 Å². The second-order valence-corrected chi connectivity index (χ2v) is 11.0. The fourth-order valence-electron chi connectivity index (χ4n) is 4.46. The number of carbonyl (C=O) groups excluding carboxylic acids is 2. The third-order valence-corrected chi connectivity index (χ3v) is 7.80. The number of ether oxygens (including phenoxy) is 2. The Hall–Kier alpha value is -3.11. The molecule has 2 amide bonds. The zero-order chi connectivity index (χ0) is 25.2. The SMILES string of the molecule is CCS(=O)(=O)Nc1ccc2c(c1)C(=O)N(C)[C@H]1CC[C@H](CC(=O)Nc3ccccc3C)O[C@@H]1CO2. The Morgan fingerprint density at radius 2 is 1.94 bits per heavy atom. The van der Waals surface area contributed by atoms with Crippen molar-refractivity contribution >= 4 is 33.2 Å². The van der Waals surface area contributed by atoms with Gasteiger partial charge in [-0.2, -0.15) is 0 Å². The summed E-state index contributed by atoms with van der Waals surface area (Å²) in [7, 11) is -1.76. The van der Waals surface area contributed by atoms with Gasteiger partial charge < -0.3 is 19.7 Å². The fourth-order valence-corrected chi connectivity index (χ4v) is 5.09. The number of sulfonamides is 1. The van der Waals surface area contributed by atoms with E-state index in [-0.39, 0.29) is 48.8 Å². The molecule has 2 aliphatic rings. The maximum absolute atomic E-state index is 13.3. The standard InChI is InChI=1S/C25H31N3O6S/c1-4-35(31,32)27-17-9-12-22-19(13-17)25(30)28(3)21-11-10-18(34-23(21)15-33-22)14-24(29)26-20-8-6-5-7-16(20)2/h5-9,12-13,18,21,23,27H,4,10-11,14-15H2,1-3H3,(H,26,29)/t18-,21+,23-/m1/s1. The average Bonchev–Trinajstić information content (AvgIpc) is 2.83. The fraction of sp³-hybridized carbons (Fsp3) is 0.440. The lowest BCUT2D eigenvalue weighted by molar-refractivity contribution is -0.130. The minimum atomic E-state index is -3.47. The van der Waals surface area contributed by atoms with Gasteiger partial charge in [-0.25, -0.2) is 8.42 Å². The first kappa shape index (κ1) is 25.0. The van der Waals surface area contributed by atoms with Gasteiger partial charge in [0.15, 0.2) is 0 Å². The zero-order valence-corrected chi connectivity index (χ0v) is 20.9. The summed E-state index contributed by atoms with van der Waals surface area (Å²) in [6.45, 7) is 3.70. The molecule has 1 saturated heterocycles. The van der Waals surface area contributed by atoms with Crippen LogP contribution in [0.2, 0.25) is 0 Å². The van der Waals surface area contributed by atoms with Crippen LogP contribution in [0.3, 0.4) is 0 Å². The molecule has 0 radical (unpaired) electrons. The van der Waals surface area contributed by atoms with Crippen LogP contribution in [0.5, 0.6) is 5.75 Å². The van der Waals surface area contributed by atoms with Gasteiger partial charge >= 0.3 is 0 Å². The minimum absolute atomic E-state index is 0.0698. The Kier molecular flexibility index (Phi) is 7.32. The summed E-state index contributed by atoms with van der Waals surface area (Å²) < 4.78 is 38.5. The van der Waals surface area contributed by atoms with Crippen LogP contribution in [0.4, 0.5) is 11.4 Å². The number of hydrogen-bond donors (Lipinski definition) is 2. The molecule has 0 saturated carbocycles. The molecule has 2 aromatic carbocycles. The van der Waals surface area contributed by atoms with E-state index in [1.165, 1.54) is 6.07 Å². The minimum Gasteiger partial charge on any atom is -0.490 e. The number of anilines is 2. The monoisotopic (exact) mass is 501 g/mol. The van der Waals surface area contributed by atoms with Crippen LogP contribution < -0.4 is 14.8 Å². The number of likely N-dealkylation sites (N-methyl/N-ethyl adjacent to an activating group) is 1. The molecule has 9 nitrogen and oxygen atoms in total. The molecule has 2 aliphatic heterocycles. The number of nitrogens with zero attached hydrogens (tertiary/aromatic N) is 1. The smallest absolute Gasteiger partial charge is 0.257 e. The summed E-state index contributed by atoms with van der Waals surface area (Å²) >= 11 is 0. The molecule has 4 rings (SSSR count). The van der Waals surface area contributed by atoms with Crippen molar-refractivity contribution < 1.29 is 27.5 Å². The van der Waals surface area contributed by atoms with Gasteiger partial charge in [0.05, 0.1) is 29.9 Å². The van der Waals surface area contributed by atoms with E-state index in [1.807, 2.05) is 31.2 Å². The van der Waals surface area contributed by atoms with E-state index in [4.69, 9.17) is 9.47 Å². The third kappa shape index (κ3) is 5.76. The zero-order valence-electron chi connectivity index (χ0n) is 20.1. The number of para-hydroxylation sites is 1. The molecule has 0 bridgehead atoms. The van der Waals surface area contributed by atoms with Crippen LogP contribution in [0.15, 0.2) is 42.5 Å². The Labute approximate surface area is 205 Å². The highest BCUT2D eigenvalue weighted by Crippen LogP contribution is 2.33. The molecule has 0 aliphatic carbocycles. The quantitative estimate of drug-likeness (QED) is 0.629. The largest absolute Gasteiger partial charge is 0.490 e. The number of hydrogen-bond acceptors (Lipinski definition) is 6. The number of nitrogens with one attached hydrogen (secondary N) is 2. The van der Waals surface area contributed by atoms with Gasteiger partial charge in [0.1, 0.15) is 18.5 Å². The molecule has 2 aromatic rings. The summed E-state index contributed by atoms with van der Waals surface area (Å²) in [6.07, 6.45) is 0.837. The lowest BCUT2D eigenvalue weighted by atomic mass is 9.94. The van der Waals surface area contributed by atoms with Crippen molar-refractivity contribution in [2.45, 2.75) is 51.4 Å². The Morgan fingerprint density at radius 1 is 1.17 bits per heavy atom. The van der Waals surface area contributed by atoms with Crippen LogP contribution in [0, 0.1) is 6.92 Å². The predicted molar refractivity (Wildman–Crippen MR) is 133 cm³/mol. The van der Waals surface area contributed by atoms with E-state index < -0.39 is 10.0 Å². The van der Waals surface area contributed by atoms with E-state index >= 15 is 0 Å². The van der Waals surface area contributed by atoms with Gasteiger partial charge in [0, 0.05) is 18.4 Å². The van der Waals surface area contributed by atoms with Crippen molar-refractivity contribution in [3.05, 3.63) is 53.6 Å². The molecule has 3 atom stereocenters. The number of carbonyl (C=O) groups is 2. The topological polar surface area (TPSA) is 114 Å². The van der Waals surface area contributed by atoms with Crippen molar-refractivity contribution in [3.8, 4) is 5.75 Å². The molecule has 188 valence electrons. The molecule has 1 fully saturated rings. The predicted octanol–water partition coefficient (Wildman–Crippen LogP) is 3.17. The summed E-state index contributed by atoms with van der Waals surface area (Å²) in [5.41, 5.74) is 2.38. The van der Waals surface area contributed by atoms with Gasteiger partial charge in [-0.15, -0.1) is 0 Å². The van der Waals surface area contributed by atoms with E-state index in [9.17, 15) is 18.0 Å². The van der Waals surface area contributed by atoms with Crippen LogP contribution in [0.25, 0.3) is 0 Å². The summed E-state index contributed by atoms with van der Waals surface area (Å²) in [6, 6.07) is 12.0. The Balaban J connectivity index is 1.45. The Bertz CT molecular complexity index is 1220. The molecule has 0 aromatic heterocycles. The number of benzene rings is 2. The van der Waals surface area contributed by atoms with Crippen molar-refractivity contribution in [2.75, 3.05) is 29.4 Å². The van der Waals surface area contributed by atoms with Crippen molar-refractivity contribution in [2.24, 2.45) is 0 Å². The first-order chi connectivity index (χ1) is 16.7. The molecule has 0 unspecified atom stereocenters. The van der Waals surface area contributed by atoms with Crippen LogP contribution in [-0.2, 0) is 19.6 Å². The third-order valence-electron chi connectivity index (χ3n) is 6.50. The Morgan fingerprint density at radius 3 is 2.69 bits per heavy atom. The molecular weight excluding hydrogens is 470 g/mol. The van der Waals surface area contributed by atoms with E-state index in [0.717, 1.165) is 11.3 Å². The number of fused-ring (bicyclic) bond motifs is 2. The van der Waals surface area contributed by atoms with E-state index in [1.54, 1.807) is 31.0 Å². The van der Waals surface area contributed by atoms with Gasteiger partial charge in [0.25, 0.3) is 5.91 Å². The van der Waals surface area contributed by atoms with Gasteiger partial charge in [-0.3, -0.25) is 14.3 Å². The number of aryl methyl sites for hydroxylation is 1. The maximum Gasteiger partial charge on any atom is 0.257 e. The van der Waals surface area contributed by atoms with Crippen molar-refractivity contribution in [1.82, 2.24) is 4.90 Å². The molecular formula is C25H31N3O6S.